The second-order valence-electron chi connectivity index (χ2n) is 7.14. The van der Waals surface area contributed by atoms with Crippen molar-refractivity contribution in [2.24, 2.45) is 5.92 Å². The van der Waals surface area contributed by atoms with Gasteiger partial charge < -0.3 is 10.2 Å². The van der Waals surface area contributed by atoms with Gasteiger partial charge in [0.15, 0.2) is 0 Å². The van der Waals surface area contributed by atoms with Gasteiger partial charge >= 0.3 is 0 Å². The smallest absolute Gasteiger partial charge is 0.224 e. The van der Waals surface area contributed by atoms with E-state index in [-0.39, 0.29) is 23.8 Å². The van der Waals surface area contributed by atoms with Crippen LogP contribution in [0.5, 0.6) is 0 Å². The topological polar surface area (TPSA) is 67.2 Å². The van der Waals surface area contributed by atoms with Gasteiger partial charge in [0, 0.05) is 41.9 Å². The monoisotopic (exact) mass is 376 g/mol. The lowest BCUT2D eigenvalue weighted by atomic mass is 9.95. The number of nitrogens with zero attached hydrogens (tertiary/aromatic N) is 3. The number of rotatable bonds is 5. The average Bonchev–Trinajstić information content (AvgIpc) is 3.01. The number of likely N-dealkylation sites (tertiary alicyclic amines) is 1. The number of piperidine rings is 1. The second-order valence-corrected chi connectivity index (χ2v) is 7.58. The maximum absolute atomic E-state index is 12.5. The molecule has 1 N–H and O–H groups in total. The molecule has 0 bridgehead atoms. The Morgan fingerprint density at radius 1 is 1.31 bits per heavy atom. The summed E-state index contributed by atoms with van der Waals surface area (Å²) in [6.07, 6.45) is 3.64. The standard InChI is InChI=1S/C19H25ClN4O2/c1-13(2)22-19(26)14-5-8-23(9-6-14)18(25)7-10-24-17-11-16(20)4-3-15(17)12-21-24/h3-4,11-14H,5-10H2,1-2H3,(H,22,26). The molecule has 2 aromatic rings. The molecule has 1 aliphatic heterocycles. The van der Waals surface area contributed by atoms with Crippen molar-refractivity contribution >= 4 is 34.3 Å². The Morgan fingerprint density at radius 3 is 2.73 bits per heavy atom. The van der Waals surface area contributed by atoms with Gasteiger partial charge in [-0.15, -0.1) is 0 Å². The van der Waals surface area contributed by atoms with Gasteiger partial charge in [-0.2, -0.15) is 5.10 Å². The van der Waals surface area contributed by atoms with Crippen LogP contribution in [0.2, 0.25) is 5.02 Å². The Morgan fingerprint density at radius 2 is 2.04 bits per heavy atom. The van der Waals surface area contributed by atoms with Crippen molar-refractivity contribution in [3.8, 4) is 0 Å². The van der Waals surface area contributed by atoms with Crippen LogP contribution in [-0.2, 0) is 16.1 Å². The van der Waals surface area contributed by atoms with Crippen LogP contribution in [0.3, 0.4) is 0 Å². The number of benzene rings is 1. The molecule has 0 radical (unpaired) electrons. The zero-order valence-corrected chi connectivity index (χ0v) is 16.0. The van der Waals surface area contributed by atoms with Gasteiger partial charge in [0.1, 0.15) is 0 Å². The van der Waals surface area contributed by atoms with E-state index in [1.165, 1.54) is 0 Å². The lowest BCUT2D eigenvalue weighted by Crippen LogP contribution is -2.44. The highest BCUT2D eigenvalue weighted by Crippen LogP contribution is 2.21. The third-order valence-electron chi connectivity index (χ3n) is 4.79. The Kier molecular flexibility index (Phi) is 5.81. The van der Waals surface area contributed by atoms with Gasteiger partial charge in [-0.3, -0.25) is 14.3 Å². The first kappa shape index (κ1) is 18.7. The number of hydrogen-bond donors (Lipinski definition) is 1. The lowest BCUT2D eigenvalue weighted by molar-refractivity contribution is -0.136. The summed E-state index contributed by atoms with van der Waals surface area (Å²) in [5.74, 6) is 0.226. The summed E-state index contributed by atoms with van der Waals surface area (Å²) in [6, 6.07) is 5.78. The predicted octanol–water partition coefficient (Wildman–Crippen LogP) is 2.84. The molecule has 0 spiro atoms. The molecule has 2 amide bonds. The molecule has 140 valence electrons. The van der Waals surface area contributed by atoms with Crippen LogP contribution in [0, 0.1) is 5.92 Å². The van der Waals surface area contributed by atoms with Gasteiger partial charge in [-0.25, -0.2) is 0 Å². The van der Waals surface area contributed by atoms with E-state index in [0.29, 0.717) is 31.1 Å². The summed E-state index contributed by atoms with van der Waals surface area (Å²) >= 11 is 6.05. The van der Waals surface area contributed by atoms with E-state index in [9.17, 15) is 9.59 Å². The van der Waals surface area contributed by atoms with Crippen molar-refractivity contribution in [1.29, 1.82) is 0 Å². The highest BCUT2D eigenvalue weighted by atomic mass is 35.5. The average molecular weight is 377 g/mol. The van der Waals surface area contributed by atoms with Gasteiger partial charge in [0.25, 0.3) is 0 Å². The Hall–Kier alpha value is -2.08. The molecule has 7 heteroatoms. The lowest BCUT2D eigenvalue weighted by Gasteiger charge is -2.31. The van der Waals surface area contributed by atoms with E-state index in [4.69, 9.17) is 11.6 Å². The van der Waals surface area contributed by atoms with Crippen LogP contribution < -0.4 is 5.32 Å². The molecule has 1 saturated heterocycles. The van der Waals surface area contributed by atoms with E-state index in [1.54, 1.807) is 6.20 Å². The number of carbonyl (C=O) groups excluding carboxylic acids is 2. The minimum Gasteiger partial charge on any atom is -0.354 e. The fourth-order valence-electron chi connectivity index (χ4n) is 3.37. The van der Waals surface area contributed by atoms with Crippen molar-refractivity contribution < 1.29 is 9.59 Å². The van der Waals surface area contributed by atoms with E-state index >= 15 is 0 Å². The highest BCUT2D eigenvalue weighted by Gasteiger charge is 2.27. The molecule has 26 heavy (non-hydrogen) atoms. The zero-order chi connectivity index (χ0) is 18.7. The minimum absolute atomic E-state index is 0.0126. The van der Waals surface area contributed by atoms with Crippen LogP contribution in [0.15, 0.2) is 24.4 Å². The third-order valence-corrected chi connectivity index (χ3v) is 5.03. The summed E-state index contributed by atoms with van der Waals surface area (Å²) in [5.41, 5.74) is 0.939. The van der Waals surface area contributed by atoms with E-state index in [0.717, 1.165) is 23.7 Å². The zero-order valence-electron chi connectivity index (χ0n) is 15.2. The number of aromatic nitrogens is 2. The Bertz CT molecular complexity index is 794. The van der Waals surface area contributed by atoms with Gasteiger partial charge in [0.05, 0.1) is 18.3 Å². The molecule has 0 atom stereocenters. The summed E-state index contributed by atoms with van der Waals surface area (Å²) in [7, 11) is 0. The van der Waals surface area contributed by atoms with Crippen LogP contribution in [0.4, 0.5) is 0 Å². The first-order valence-corrected chi connectivity index (χ1v) is 9.51. The normalized spacial score (nSPS) is 15.6. The van der Waals surface area contributed by atoms with Gasteiger partial charge in [-0.05, 0) is 44.9 Å². The third kappa shape index (κ3) is 4.36. The van der Waals surface area contributed by atoms with Crippen LogP contribution >= 0.6 is 11.6 Å². The molecule has 0 saturated carbocycles. The first-order valence-electron chi connectivity index (χ1n) is 9.13. The summed E-state index contributed by atoms with van der Waals surface area (Å²) < 4.78 is 1.82. The largest absolute Gasteiger partial charge is 0.354 e. The fourth-order valence-corrected chi connectivity index (χ4v) is 3.54. The van der Waals surface area contributed by atoms with Crippen molar-refractivity contribution in [2.45, 2.75) is 45.7 Å². The quantitative estimate of drug-likeness (QED) is 0.872. The Labute approximate surface area is 158 Å². The molecule has 3 rings (SSSR count). The molecule has 2 heterocycles. The van der Waals surface area contributed by atoms with E-state index in [1.807, 2.05) is 41.6 Å². The van der Waals surface area contributed by atoms with Crippen LogP contribution in [0.25, 0.3) is 10.9 Å². The number of hydrogen-bond acceptors (Lipinski definition) is 3. The summed E-state index contributed by atoms with van der Waals surface area (Å²) in [6.45, 7) is 5.73. The maximum atomic E-state index is 12.5. The molecule has 6 nitrogen and oxygen atoms in total. The van der Waals surface area contributed by atoms with Gasteiger partial charge in [-0.1, -0.05) is 11.6 Å². The first-order chi connectivity index (χ1) is 12.4. The second kappa shape index (κ2) is 8.08. The number of aryl methyl sites for hydroxylation is 1. The number of amides is 2. The fraction of sp³-hybridized carbons (Fsp3) is 0.526. The van der Waals surface area contributed by atoms with Crippen LogP contribution in [-0.4, -0.2) is 45.6 Å². The molecule has 1 fully saturated rings. The molecule has 1 aromatic heterocycles. The van der Waals surface area contributed by atoms with Crippen molar-refractivity contribution in [2.75, 3.05) is 13.1 Å². The van der Waals surface area contributed by atoms with E-state index < -0.39 is 0 Å². The van der Waals surface area contributed by atoms with Crippen molar-refractivity contribution in [3.05, 3.63) is 29.4 Å². The summed E-state index contributed by atoms with van der Waals surface area (Å²) in [5, 5.41) is 8.98. The van der Waals surface area contributed by atoms with E-state index in [2.05, 4.69) is 10.4 Å². The number of nitrogens with one attached hydrogen (secondary N) is 1. The molecule has 1 aromatic carbocycles. The van der Waals surface area contributed by atoms with Crippen LogP contribution in [0.1, 0.15) is 33.1 Å². The SMILES string of the molecule is CC(C)NC(=O)C1CCN(C(=O)CCn2ncc3ccc(Cl)cc32)CC1. The van der Waals surface area contributed by atoms with Gasteiger partial charge in [0.2, 0.25) is 11.8 Å². The van der Waals surface area contributed by atoms with Crippen molar-refractivity contribution in [1.82, 2.24) is 20.0 Å². The molecule has 1 aliphatic rings. The number of carbonyl (C=O) groups is 2. The number of fused-ring (bicyclic) bond motifs is 1. The highest BCUT2D eigenvalue weighted by molar-refractivity contribution is 6.31. The molecular weight excluding hydrogens is 352 g/mol. The molecular formula is C19H25ClN4O2. The number of halogens is 1. The molecule has 0 unspecified atom stereocenters. The van der Waals surface area contributed by atoms with Crippen molar-refractivity contribution in [3.63, 3.8) is 0 Å². The predicted molar refractivity (Wildman–Crippen MR) is 102 cm³/mol. The minimum atomic E-state index is 0.0126. The Balaban J connectivity index is 1.51. The molecule has 0 aliphatic carbocycles. The maximum Gasteiger partial charge on any atom is 0.224 e. The summed E-state index contributed by atoms with van der Waals surface area (Å²) in [4.78, 5) is 26.4.